The first-order chi connectivity index (χ1) is 6.85. The van der Waals surface area contributed by atoms with Gasteiger partial charge in [-0.2, -0.15) is 0 Å². The molecule has 0 aromatic rings. The molecular formula is C12H21NO. The fraction of sp³-hybridized carbons (Fsp3) is 0.500. The van der Waals surface area contributed by atoms with Crippen molar-refractivity contribution in [2.45, 2.75) is 19.8 Å². The molecule has 0 unspecified atom stereocenters. The summed E-state index contributed by atoms with van der Waals surface area (Å²) >= 11 is 0. The highest BCUT2D eigenvalue weighted by atomic mass is 16.3. The van der Waals surface area contributed by atoms with E-state index in [1.807, 2.05) is 6.08 Å². The standard InChI is InChI=1S/C12H21NO/c1-3-5-6-7-12(4-2)8-9-13-10-11-14/h4-7,13-14H,2-3,8-11H2,1H3/b6-5-,12-7+. The molecule has 14 heavy (non-hydrogen) atoms. The van der Waals surface area contributed by atoms with Gasteiger partial charge in [0.05, 0.1) is 6.61 Å². The summed E-state index contributed by atoms with van der Waals surface area (Å²) in [6.45, 7) is 7.62. The molecule has 0 heterocycles. The summed E-state index contributed by atoms with van der Waals surface area (Å²) in [5.74, 6) is 0. The highest BCUT2D eigenvalue weighted by molar-refractivity contribution is 5.22. The van der Waals surface area contributed by atoms with Gasteiger partial charge in [-0.1, -0.05) is 37.8 Å². The molecule has 0 radical (unpaired) electrons. The third-order valence-corrected chi connectivity index (χ3v) is 1.82. The van der Waals surface area contributed by atoms with E-state index in [9.17, 15) is 0 Å². The molecule has 0 aliphatic carbocycles. The maximum Gasteiger partial charge on any atom is 0.0555 e. The molecule has 0 fully saturated rings. The molecule has 0 spiro atoms. The van der Waals surface area contributed by atoms with Crippen molar-refractivity contribution >= 4 is 0 Å². The van der Waals surface area contributed by atoms with Crippen LogP contribution in [0.15, 0.2) is 36.5 Å². The Labute approximate surface area is 87.0 Å². The molecule has 0 saturated heterocycles. The van der Waals surface area contributed by atoms with E-state index in [2.05, 4.69) is 37.0 Å². The van der Waals surface area contributed by atoms with Crippen molar-refractivity contribution in [2.24, 2.45) is 0 Å². The lowest BCUT2D eigenvalue weighted by atomic mass is 10.1. The van der Waals surface area contributed by atoms with Gasteiger partial charge < -0.3 is 10.4 Å². The Kier molecular flexibility index (Phi) is 9.59. The molecule has 0 rings (SSSR count). The second-order valence-corrected chi connectivity index (χ2v) is 3.01. The summed E-state index contributed by atoms with van der Waals surface area (Å²) in [5, 5.41) is 11.7. The van der Waals surface area contributed by atoms with Crippen LogP contribution in [0.1, 0.15) is 19.8 Å². The highest BCUT2D eigenvalue weighted by Gasteiger charge is 1.90. The Hall–Kier alpha value is -0.860. The number of aliphatic hydroxyl groups excluding tert-OH is 1. The zero-order valence-corrected chi connectivity index (χ0v) is 9.00. The van der Waals surface area contributed by atoms with E-state index in [-0.39, 0.29) is 6.61 Å². The molecule has 0 aromatic carbocycles. The number of allylic oxidation sites excluding steroid dienone is 4. The monoisotopic (exact) mass is 195 g/mol. The van der Waals surface area contributed by atoms with Crippen molar-refractivity contribution in [3.8, 4) is 0 Å². The third kappa shape index (κ3) is 7.77. The molecule has 80 valence electrons. The molecule has 0 aromatic heterocycles. The highest BCUT2D eigenvalue weighted by Crippen LogP contribution is 2.01. The minimum Gasteiger partial charge on any atom is -0.395 e. The van der Waals surface area contributed by atoms with Crippen LogP contribution >= 0.6 is 0 Å². The molecule has 0 amide bonds. The van der Waals surface area contributed by atoms with E-state index < -0.39 is 0 Å². The van der Waals surface area contributed by atoms with Crippen LogP contribution in [0.25, 0.3) is 0 Å². The third-order valence-electron chi connectivity index (χ3n) is 1.82. The van der Waals surface area contributed by atoms with Crippen LogP contribution < -0.4 is 5.32 Å². The van der Waals surface area contributed by atoms with Crippen LogP contribution in [-0.2, 0) is 0 Å². The van der Waals surface area contributed by atoms with Crippen molar-refractivity contribution in [3.05, 3.63) is 36.5 Å². The van der Waals surface area contributed by atoms with Gasteiger partial charge >= 0.3 is 0 Å². The van der Waals surface area contributed by atoms with Gasteiger partial charge in [0.15, 0.2) is 0 Å². The van der Waals surface area contributed by atoms with Crippen LogP contribution in [-0.4, -0.2) is 24.8 Å². The topological polar surface area (TPSA) is 32.3 Å². The van der Waals surface area contributed by atoms with E-state index in [0.717, 1.165) is 19.4 Å². The van der Waals surface area contributed by atoms with Crippen LogP contribution in [0.2, 0.25) is 0 Å². The Morgan fingerprint density at radius 2 is 2.21 bits per heavy atom. The van der Waals surface area contributed by atoms with Gasteiger partial charge in [-0.15, -0.1) is 0 Å². The van der Waals surface area contributed by atoms with E-state index in [4.69, 9.17) is 5.11 Å². The zero-order chi connectivity index (χ0) is 10.6. The molecule has 2 nitrogen and oxygen atoms in total. The molecule has 0 aliphatic rings. The van der Waals surface area contributed by atoms with Crippen molar-refractivity contribution in [1.29, 1.82) is 0 Å². The number of nitrogens with one attached hydrogen (secondary N) is 1. The number of rotatable bonds is 8. The first kappa shape index (κ1) is 13.1. The smallest absolute Gasteiger partial charge is 0.0555 e. The van der Waals surface area contributed by atoms with Gasteiger partial charge in [0.2, 0.25) is 0 Å². The quantitative estimate of drug-likeness (QED) is 0.459. The lowest BCUT2D eigenvalue weighted by molar-refractivity contribution is 0.293. The van der Waals surface area contributed by atoms with E-state index in [1.54, 1.807) is 0 Å². The summed E-state index contributed by atoms with van der Waals surface area (Å²) in [5.41, 5.74) is 1.22. The van der Waals surface area contributed by atoms with E-state index in [1.165, 1.54) is 5.57 Å². The van der Waals surface area contributed by atoms with Gasteiger partial charge in [0.1, 0.15) is 0 Å². The maximum absolute atomic E-state index is 8.55. The van der Waals surface area contributed by atoms with Gasteiger partial charge in [0.25, 0.3) is 0 Å². The number of hydrogen-bond donors (Lipinski definition) is 2. The van der Waals surface area contributed by atoms with Crippen LogP contribution in [0, 0.1) is 0 Å². The Bertz CT molecular complexity index is 194. The Balaban J connectivity index is 3.72. The van der Waals surface area contributed by atoms with Crippen LogP contribution in [0.4, 0.5) is 0 Å². The van der Waals surface area contributed by atoms with Gasteiger partial charge in [-0.25, -0.2) is 0 Å². The Morgan fingerprint density at radius 1 is 1.43 bits per heavy atom. The van der Waals surface area contributed by atoms with Crippen LogP contribution in [0.3, 0.4) is 0 Å². The molecule has 0 aliphatic heterocycles. The predicted molar refractivity (Wildman–Crippen MR) is 62.3 cm³/mol. The lowest BCUT2D eigenvalue weighted by Gasteiger charge is -2.02. The van der Waals surface area contributed by atoms with Gasteiger partial charge in [-0.3, -0.25) is 0 Å². The predicted octanol–water partition coefficient (Wildman–Crippen LogP) is 2.04. The average molecular weight is 195 g/mol. The zero-order valence-electron chi connectivity index (χ0n) is 9.00. The van der Waals surface area contributed by atoms with Crippen molar-refractivity contribution in [3.63, 3.8) is 0 Å². The summed E-state index contributed by atoms with van der Waals surface area (Å²) in [6, 6.07) is 0. The van der Waals surface area contributed by atoms with Crippen molar-refractivity contribution in [2.75, 3.05) is 19.7 Å². The molecular weight excluding hydrogens is 174 g/mol. The van der Waals surface area contributed by atoms with Crippen molar-refractivity contribution < 1.29 is 5.11 Å². The average Bonchev–Trinajstić information content (AvgIpc) is 2.22. The molecule has 2 N–H and O–H groups in total. The minimum absolute atomic E-state index is 0.197. The summed E-state index contributed by atoms with van der Waals surface area (Å²) in [6.07, 6.45) is 10.1. The molecule has 0 bridgehead atoms. The second-order valence-electron chi connectivity index (χ2n) is 3.01. The lowest BCUT2D eigenvalue weighted by Crippen LogP contribution is -2.19. The number of aliphatic hydroxyl groups is 1. The fourth-order valence-electron chi connectivity index (χ4n) is 1.02. The van der Waals surface area contributed by atoms with Crippen molar-refractivity contribution in [1.82, 2.24) is 5.32 Å². The van der Waals surface area contributed by atoms with E-state index >= 15 is 0 Å². The normalized spacial score (nSPS) is 12.3. The maximum atomic E-state index is 8.55. The summed E-state index contributed by atoms with van der Waals surface area (Å²) in [4.78, 5) is 0. The van der Waals surface area contributed by atoms with E-state index in [0.29, 0.717) is 6.54 Å². The summed E-state index contributed by atoms with van der Waals surface area (Å²) in [7, 11) is 0. The minimum atomic E-state index is 0.197. The first-order valence-corrected chi connectivity index (χ1v) is 5.14. The molecule has 0 saturated carbocycles. The Morgan fingerprint density at radius 3 is 2.79 bits per heavy atom. The largest absolute Gasteiger partial charge is 0.395 e. The SMILES string of the molecule is C=C/C(=C\C=C/CC)CCNCCO. The second kappa shape index (κ2) is 10.2. The first-order valence-electron chi connectivity index (χ1n) is 5.14. The molecule has 2 heteroatoms. The fourth-order valence-corrected chi connectivity index (χ4v) is 1.02. The summed E-state index contributed by atoms with van der Waals surface area (Å²) < 4.78 is 0. The van der Waals surface area contributed by atoms with Gasteiger partial charge in [-0.05, 0) is 25.0 Å². The molecule has 0 atom stereocenters. The van der Waals surface area contributed by atoms with Gasteiger partial charge in [0, 0.05) is 6.54 Å². The van der Waals surface area contributed by atoms with Crippen LogP contribution in [0.5, 0.6) is 0 Å². The number of hydrogen-bond acceptors (Lipinski definition) is 2.